The third-order valence-corrected chi connectivity index (χ3v) is 3.37. The molecule has 0 spiro atoms. The molecule has 2 nitrogen and oxygen atoms in total. The summed E-state index contributed by atoms with van der Waals surface area (Å²) in [6.07, 6.45) is 0. The van der Waals surface area contributed by atoms with Crippen molar-refractivity contribution >= 4 is 15.9 Å². The quantitative estimate of drug-likeness (QED) is 0.856. The van der Waals surface area contributed by atoms with Crippen LogP contribution in [0.3, 0.4) is 0 Å². The van der Waals surface area contributed by atoms with Gasteiger partial charge in [0.25, 0.3) is 0 Å². The Labute approximate surface area is 124 Å². The van der Waals surface area contributed by atoms with Crippen molar-refractivity contribution in [3.63, 3.8) is 0 Å². The van der Waals surface area contributed by atoms with Gasteiger partial charge in [-0.3, -0.25) is 0 Å². The van der Waals surface area contributed by atoms with Gasteiger partial charge in [0, 0.05) is 18.2 Å². The topological polar surface area (TPSA) is 21.3 Å². The lowest BCUT2D eigenvalue weighted by molar-refractivity contribution is 0.428. The maximum Gasteiger partial charge on any atom is 0.167 e. The summed E-state index contributed by atoms with van der Waals surface area (Å²) in [5, 5.41) is 3.11. The van der Waals surface area contributed by atoms with Crippen LogP contribution in [0.2, 0.25) is 0 Å². The van der Waals surface area contributed by atoms with Crippen LogP contribution in [0.15, 0.2) is 40.9 Å². The Morgan fingerprint density at radius 2 is 2.00 bits per heavy atom. The summed E-state index contributed by atoms with van der Waals surface area (Å²) < 4.78 is 33.3. The summed E-state index contributed by atoms with van der Waals surface area (Å²) in [5.74, 6) is -0.558. The predicted molar refractivity (Wildman–Crippen MR) is 78.0 cm³/mol. The first-order valence-electron chi connectivity index (χ1n) is 6.23. The molecule has 0 aliphatic rings. The predicted octanol–water partition coefficient (Wildman–Crippen LogP) is 4.63. The van der Waals surface area contributed by atoms with Gasteiger partial charge in [-0.25, -0.2) is 8.78 Å². The zero-order valence-electron chi connectivity index (χ0n) is 10.9. The van der Waals surface area contributed by atoms with Crippen molar-refractivity contribution in [3.05, 3.63) is 58.1 Å². The molecule has 20 heavy (non-hydrogen) atoms. The number of nitrogens with one attached hydrogen (secondary N) is 1. The molecule has 0 saturated carbocycles. The average molecular weight is 342 g/mol. The first kappa shape index (κ1) is 14.9. The number of para-hydroxylation sites is 1. The molecule has 0 unspecified atom stereocenters. The molecular formula is C15H14BrF2NO. The van der Waals surface area contributed by atoms with Crippen molar-refractivity contribution in [2.75, 3.05) is 6.54 Å². The normalized spacial score (nSPS) is 10.6. The van der Waals surface area contributed by atoms with E-state index in [2.05, 4.69) is 21.2 Å². The van der Waals surface area contributed by atoms with Gasteiger partial charge in [0.05, 0.1) is 4.47 Å². The molecular weight excluding hydrogens is 328 g/mol. The Kier molecular flexibility index (Phi) is 5.09. The summed E-state index contributed by atoms with van der Waals surface area (Å²) in [6.45, 7) is 3.21. The lowest BCUT2D eigenvalue weighted by atomic mass is 10.2. The fourth-order valence-corrected chi connectivity index (χ4v) is 2.06. The first-order chi connectivity index (χ1) is 9.61. The largest absolute Gasteiger partial charge is 0.453 e. The van der Waals surface area contributed by atoms with Gasteiger partial charge in [0.1, 0.15) is 11.6 Å². The molecule has 0 aliphatic heterocycles. The molecule has 2 aromatic carbocycles. The molecule has 0 amide bonds. The molecule has 0 atom stereocenters. The van der Waals surface area contributed by atoms with Crippen LogP contribution in [-0.2, 0) is 6.54 Å². The molecule has 0 bridgehead atoms. The molecule has 0 radical (unpaired) electrons. The molecule has 5 heteroatoms. The van der Waals surface area contributed by atoms with Gasteiger partial charge < -0.3 is 10.1 Å². The molecule has 1 N–H and O–H groups in total. The number of hydrogen-bond acceptors (Lipinski definition) is 2. The van der Waals surface area contributed by atoms with Gasteiger partial charge in [0.15, 0.2) is 11.6 Å². The minimum atomic E-state index is -0.475. The number of benzene rings is 2. The van der Waals surface area contributed by atoms with Crippen LogP contribution in [0.25, 0.3) is 0 Å². The van der Waals surface area contributed by atoms with Crippen molar-refractivity contribution < 1.29 is 13.5 Å². The average Bonchev–Trinajstić information content (AvgIpc) is 2.43. The fraction of sp³-hybridized carbons (Fsp3) is 0.200. The third kappa shape index (κ3) is 3.55. The lowest BCUT2D eigenvalue weighted by Crippen LogP contribution is -2.12. The zero-order valence-corrected chi connectivity index (χ0v) is 12.5. The van der Waals surface area contributed by atoms with Crippen LogP contribution < -0.4 is 10.1 Å². The minimum Gasteiger partial charge on any atom is -0.453 e. The SMILES string of the molecule is CCNCc1cccc(F)c1Oc1cc(F)ccc1Br. The van der Waals surface area contributed by atoms with E-state index in [0.29, 0.717) is 16.6 Å². The Morgan fingerprint density at radius 1 is 1.20 bits per heavy atom. The zero-order chi connectivity index (χ0) is 14.5. The van der Waals surface area contributed by atoms with E-state index in [4.69, 9.17) is 4.74 Å². The smallest absolute Gasteiger partial charge is 0.167 e. The molecule has 2 aromatic rings. The van der Waals surface area contributed by atoms with Gasteiger partial charge in [-0.15, -0.1) is 0 Å². The highest BCUT2D eigenvalue weighted by Crippen LogP contribution is 2.33. The number of halogens is 3. The van der Waals surface area contributed by atoms with Crippen LogP contribution in [0.1, 0.15) is 12.5 Å². The summed E-state index contributed by atoms with van der Waals surface area (Å²) in [6, 6.07) is 8.75. The van der Waals surface area contributed by atoms with Crippen LogP contribution >= 0.6 is 15.9 Å². The highest BCUT2D eigenvalue weighted by Gasteiger charge is 2.13. The first-order valence-corrected chi connectivity index (χ1v) is 7.02. The summed E-state index contributed by atoms with van der Waals surface area (Å²) in [4.78, 5) is 0. The van der Waals surface area contributed by atoms with E-state index >= 15 is 0 Å². The molecule has 0 saturated heterocycles. The standard InChI is InChI=1S/C15H14BrF2NO/c1-2-19-9-10-4-3-5-13(18)15(10)20-14-8-11(17)6-7-12(14)16/h3-8,19H,2,9H2,1H3. The van der Waals surface area contributed by atoms with Crippen LogP contribution in [0, 0.1) is 11.6 Å². The van der Waals surface area contributed by atoms with E-state index in [1.54, 1.807) is 12.1 Å². The van der Waals surface area contributed by atoms with Gasteiger partial charge in [-0.2, -0.15) is 0 Å². The van der Waals surface area contributed by atoms with Crippen LogP contribution in [0.4, 0.5) is 8.78 Å². The maximum absolute atomic E-state index is 13.9. The second kappa shape index (κ2) is 6.81. The fourth-order valence-electron chi connectivity index (χ4n) is 1.73. The second-order valence-electron chi connectivity index (χ2n) is 4.19. The second-order valence-corrected chi connectivity index (χ2v) is 5.04. The minimum absolute atomic E-state index is 0.111. The van der Waals surface area contributed by atoms with E-state index in [1.165, 1.54) is 24.3 Å². The summed E-state index contributed by atoms with van der Waals surface area (Å²) in [5.41, 5.74) is 0.683. The van der Waals surface area contributed by atoms with Crippen LogP contribution in [-0.4, -0.2) is 6.54 Å². The number of hydrogen-bond donors (Lipinski definition) is 1. The molecule has 106 valence electrons. The number of ether oxygens (including phenoxy) is 1. The van der Waals surface area contributed by atoms with Crippen molar-refractivity contribution in [1.82, 2.24) is 5.32 Å². The van der Waals surface area contributed by atoms with E-state index in [1.807, 2.05) is 6.92 Å². The summed E-state index contributed by atoms with van der Waals surface area (Å²) in [7, 11) is 0. The van der Waals surface area contributed by atoms with E-state index in [0.717, 1.165) is 6.54 Å². The van der Waals surface area contributed by atoms with Crippen LogP contribution in [0.5, 0.6) is 11.5 Å². The molecule has 0 heterocycles. The monoisotopic (exact) mass is 341 g/mol. The Hall–Kier alpha value is -1.46. The summed E-state index contributed by atoms with van der Waals surface area (Å²) >= 11 is 3.26. The molecule has 0 aromatic heterocycles. The highest BCUT2D eigenvalue weighted by molar-refractivity contribution is 9.10. The van der Waals surface area contributed by atoms with E-state index in [-0.39, 0.29) is 11.5 Å². The molecule has 2 rings (SSSR count). The van der Waals surface area contributed by atoms with E-state index in [9.17, 15) is 8.78 Å². The van der Waals surface area contributed by atoms with Crippen molar-refractivity contribution in [3.8, 4) is 11.5 Å². The van der Waals surface area contributed by atoms with Gasteiger partial charge in [-0.05, 0) is 40.7 Å². The number of rotatable bonds is 5. The van der Waals surface area contributed by atoms with Gasteiger partial charge >= 0.3 is 0 Å². The Balaban J connectivity index is 2.34. The Bertz CT molecular complexity index is 604. The van der Waals surface area contributed by atoms with Crippen molar-refractivity contribution in [2.24, 2.45) is 0 Å². The van der Waals surface area contributed by atoms with Gasteiger partial charge in [-0.1, -0.05) is 19.1 Å². The van der Waals surface area contributed by atoms with Crippen molar-refractivity contribution in [1.29, 1.82) is 0 Å². The molecule has 0 fully saturated rings. The lowest BCUT2D eigenvalue weighted by Gasteiger charge is -2.13. The van der Waals surface area contributed by atoms with Gasteiger partial charge in [0.2, 0.25) is 0 Å². The van der Waals surface area contributed by atoms with Crippen molar-refractivity contribution in [2.45, 2.75) is 13.5 Å². The Morgan fingerprint density at radius 3 is 2.75 bits per heavy atom. The molecule has 0 aliphatic carbocycles. The highest BCUT2D eigenvalue weighted by atomic mass is 79.9. The third-order valence-electron chi connectivity index (χ3n) is 2.72. The van der Waals surface area contributed by atoms with E-state index < -0.39 is 11.6 Å². The maximum atomic E-state index is 13.9.